The number of ether oxygens (including phenoxy) is 1. The van der Waals surface area contributed by atoms with Crippen LogP contribution in [0.2, 0.25) is 0 Å². The highest BCUT2D eigenvalue weighted by molar-refractivity contribution is 14.1. The fraction of sp³-hybridized carbons (Fsp3) is 0.219. The third kappa shape index (κ3) is 8.72. The first kappa shape index (κ1) is 26.9. The van der Waals surface area contributed by atoms with E-state index in [1.165, 1.54) is 20.3 Å². The lowest BCUT2D eigenvalue weighted by Gasteiger charge is -2.28. The highest BCUT2D eigenvalue weighted by Crippen LogP contribution is 2.27. The maximum atomic E-state index is 11.0. The quantitative estimate of drug-likeness (QED) is 0.132. The summed E-state index contributed by atoms with van der Waals surface area (Å²) in [5, 5.41) is 9.06. The predicted octanol–water partition coefficient (Wildman–Crippen LogP) is 7.02. The number of halogens is 1. The van der Waals surface area contributed by atoms with Crippen LogP contribution in [0.4, 0.5) is 0 Å². The predicted molar refractivity (Wildman–Crippen MR) is 157 cm³/mol. The molecule has 4 nitrogen and oxygen atoms in total. The molecule has 4 aromatic rings. The fourth-order valence-electron chi connectivity index (χ4n) is 4.56. The topological polar surface area (TPSA) is 49.8 Å². The van der Waals surface area contributed by atoms with Crippen molar-refractivity contribution in [3.05, 3.63) is 135 Å². The van der Waals surface area contributed by atoms with Crippen LogP contribution < -0.4 is 4.74 Å². The number of hydrogen-bond donors (Lipinski definition) is 1. The van der Waals surface area contributed by atoms with E-state index in [0.29, 0.717) is 6.61 Å². The van der Waals surface area contributed by atoms with Crippen LogP contribution in [-0.2, 0) is 17.8 Å². The van der Waals surface area contributed by atoms with Gasteiger partial charge in [-0.25, -0.2) is 0 Å². The molecule has 4 rings (SSSR count). The number of carboxylic acids is 1. The van der Waals surface area contributed by atoms with Crippen molar-refractivity contribution in [3.63, 3.8) is 0 Å². The summed E-state index contributed by atoms with van der Waals surface area (Å²) in [4.78, 5) is 13.5. The first-order valence-electron chi connectivity index (χ1n) is 12.6. The number of carbonyl (C=O) groups is 1. The Morgan fingerprint density at radius 2 is 1.46 bits per heavy atom. The van der Waals surface area contributed by atoms with Gasteiger partial charge in [-0.05, 0) is 75.5 Å². The molecule has 0 saturated heterocycles. The van der Waals surface area contributed by atoms with Gasteiger partial charge in [0.2, 0.25) is 0 Å². The highest BCUT2D eigenvalue weighted by atomic mass is 127. The molecule has 190 valence electrons. The van der Waals surface area contributed by atoms with Crippen LogP contribution in [0.25, 0.3) is 0 Å². The second-order valence-corrected chi connectivity index (χ2v) is 10.4. The SMILES string of the molecule is O=C(O)Cc1cccc(OCCCN(Cc2cccc(I)c2)CC(c2ccccc2)c2ccccc2)c1. The van der Waals surface area contributed by atoms with Gasteiger partial charge in [-0.2, -0.15) is 0 Å². The standard InChI is InChI=1S/C32H32INO3/c33-29-16-7-11-26(20-29)23-34(18-9-19-37-30-17-8-10-25(21-30)22-32(35)36)24-31(27-12-3-1-4-13-27)28-14-5-2-6-15-28/h1-8,10-17,20-21,31H,9,18-19,22-24H2,(H,35,36). The van der Waals surface area contributed by atoms with E-state index < -0.39 is 5.97 Å². The van der Waals surface area contributed by atoms with Crippen molar-refractivity contribution >= 4 is 28.6 Å². The summed E-state index contributed by atoms with van der Waals surface area (Å²) in [6.07, 6.45) is 0.866. The molecule has 4 aromatic carbocycles. The maximum absolute atomic E-state index is 11.0. The van der Waals surface area contributed by atoms with Crippen LogP contribution in [0.3, 0.4) is 0 Å². The van der Waals surface area contributed by atoms with Crippen molar-refractivity contribution in [2.45, 2.75) is 25.3 Å². The first-order valence-corrected chi connectivity index (χ1v) is 13.6. The van der Waals surface area contributed by atoms with Gasteiger partial charge in [-0.1, -0.05) is 84.9 Å². The first-order chi connectivity index (χ1) is 18.1. The third-order valence-corrected chi connectivity index (χ3v) is 6.95. The van der Waals surface area contributed by atoms with Crippen molar-refractivity contribution in [1.82, 2.24) is 4.90 Å². The molecule has 0 spiro atoms. The minimum absolute atomic E-state index is 0.00120. The van der Waals surface area contributed by atoms with Gasteiger partial charge >= 0.3 is 5.97 Å². The van der Waals surface area contributed by atoms with E-state index in [0.717, 1.165) is 37.4 Å². The van der Waals surface area contributed by atoms with E-state index in [4.69, 9.17) is 9.84 Å². The van der Waals surface area contributed by atoms with Crippen LogP contribution in [0.5, 0.6) is 5.75 Å². The summed E-state index contributed by atoms with van der Waals surface area (Å²) in [5.74, 6) is 0.142. The molecule has 0 bridgehead atoms. The van der Waals surface area contributed by atoms with Crippen LogP contribution in [0.15, 0.2) is 109 Å². The lowest BCUT2D eigenvalue weighted by Crippen LogP contribution is -2.30. The smallest absolute Gasteiger partial charge is 0.307 e. The molecule has 0 saturated carbocycles. The average molecular weight is 606 g/mol. The Labute approximate surface area is 233 Å². The van der Waals surface area contributed by atoms with Crippen molar-refractivity contribution in [2.75, 3.05) is 19.7 Å². The van der Waals surface area contributed by atoms with E-state index >= 15 is 0 Å². The number of benzene rings is 4. The van der Waals surface area contributed by atoms with Crippen molar-refractivity contribution in [3.8, 4) is 5.75 Å². The van der Waals surface area contributed by atoms with E-state index in [1.54, 1.807) is 0 Å². The largest absolute Gasteiger partial charge is 0.494 e. The van der Waals surface area contributed by atoms with Gasteiger partial charge in [0.1, 0.15) is 5.75 Å². The Kier molecular flexibility index (Phi) is 10.1. The zero-order valence-corrected chi connectivity index (χ0v) is 23.0. The number of hydrogen-bond acceptors (Lipinski definition) is 3. The molecule has 37 heavy (non-hydrogen) atoms. The van der Waals surface area contributed by atoms with Gasteiger partial charge in [0.25, 0.3) is 0 Å². The second-order valence-electron chi connectivity index (χ2n) is 9.16. The van der Waals surface area contributed by atoms with Gasteiger partial charge in [-0.3, -0.25) is 9.69 Å². The minimum Gasteiger partial charge on any atom is -0.494 e. The second kappa shape index (κ2) is 14.0. The molecule has 0 unspecified atom stereocenters. The van der Waals surface area contributed by atoms with Crippen LogP contribution in [-0.4, -0.2) is 35.7 Å². The Balaban J connectivity index is 1.46. The van der Waals surface area contributed by atoms with Gasteiger partial charge in [0, 0.05) is 29.1 Å². The zero-order chi connectivity index (χ0) is 25.9. The lowest BCUT2D eigenvalue weighted by molar-refractivity contribution is -0.136. The molecule has 5 heteroatoms. The Morgan fingerprint density at radius 1 is 0.811 bits per heavy atom. The van der Waals surface area contributed by atoms with Gasteiger partial charge in [0.15, 0.2) is 0 Å². The van der Waals surface area contributed by atoms with Gasteiger partial charge < -0.3 is 9.84 Å². The van der Waals surface area contributed by atoms with Gasteiger partial charge in [0.05, 0.1) is 13.0 Å². The van der Waals surface area contributed by atoms with E-state index in [-0.39, 0.29) is 12.3 Å². The molecule has 0 atom stereocenters. The third-order valence-electron chi connectivity index (χ3n) is 6.28. The molecule has 0 radical (unpaired) electrons. The number of rotatable bonds is 13. The Bertz CT molecular complexity index is 1220. The summed E-state index contributed by atoms with van der Waals surface area (Å²) in [5.41, 5.74) is 4.67. The molecule has 0 aliphatic heterocycles. The summed E-state index contributed by atoms with van der Waals surface area (Å²) >= 11 is 2.37. The highest BCUT2D eigenvalue weighted by Gasteiger charge is 2.19. The van der Waals surface area contributed by atoms with Crippen LogP contribution >= 0.6 is 22.6 Å². The molecular formula is C32H32INO3. The Hall–Kier alpha value is -3.16. The van der Waals surface area contributed by atoms with Crippen molar-refractivity contribution < 1.29 is 14.6 Å². The molecule has 0 aliphatic carbocycles. The number of carboxylic acid groups (broad SMARTS) is 1. The summed E-state index contributed by atoms with van der Waals surface area (Å²) in [6, 6.07) is 37.5. The van der Waals surface area contributed by atoms with Crippen LogP contribution in [0.1, 0.15) is 34.6 Å². The monoisotopic (exact) mass is 605 g/mol. The minimum atomic E-state index is -0.838. The van der Waals surface area contributed by atoms with Crippen molar-refractivity contribution in [2.24, 2.45) is 0 Å². The van der Waals surface area contributed by atoms with E-state index in [1.807, 2.05) is 24.3 Å². The normalized spacial score (nSPS) is 11.1. The zero-order valence-electron chi connectivity index (χ0n) is 20.8. The average Bonchev–Trinajstić information content (AvgIpc) is 2.90. The summed E-state index contributed by atoms with van der Waals surface area (Å²) < 4.78 is 7.24. The molecule has 0 heterocycles. The van der Waals surface area contributed by atoms with Crippen LogP contribution in [0, 0.1) is 3.57 Å². The Morgan fingerprint density at radius 3 is 2.11 bits per heavy atom. The van der Waals surface area contributed by atoms with E-state index in [9.17, 15) is 4.79 Å². The molecule has 1 N–H and O–H groups in total. The number of aliphatic carboxylic acids is 1. The fourth-order valence-corrected chi connectivity index (χ4v) is 5.17. The molecular weight excluding hydrogens is 573 g/mol. The molecule has 0 fully saturated rings. The summed E-state index contributed by atoms with van der Waals surface area (Å²) in [7, 11) is 0. The van der Waals surface area contributed by atoms with Gasteiger partial charge in [-0.15, -0.1) is 0 Å². The summed E-state index contributed by atoms with van der Waals surface area (Å²) in [6.45, 7) is 3.21. The lowest BCUT2D eigenvalue weighted by atomic mass is 9.90. The van der Waals surface area contributed by atoms with E-state index in [2.05, 4.69) is 112 Å². The molecule has 0 aliphatic rings. The molecule has 0 amide bonds. The number of nitrogens with zero attached hydrogens (tertiary/aromatic N) is 1. The van der Waals surface area contributed by atoms with Crippen molar-refractivity contribution in [1.29, 1.82) is 0 Å². The maximum Gasteiger partial charge on any atom is 0.307 e. The molecule has 0 aromatic heterocycles.